The number of rotatable bonds is 4. The average Bonchev–Trinajstić information content (AvgIpc) is 2.29. The topological polar surface area (TPSA) is 58.2 Å². The van der Waals surface area contributed by atoms with Gasteiger partial charge < -0.3 is 10.6 Å². The second-order valence-corrected chi connectivity index (χ2v) is 6.78. The number of amides is 2. The molecule has 0 aliphatic rings. The van der Waals surface area contributed by atoms with Gasteiger partial charge in [0.25, 0.3) is 11.8 Å². The lowest BCUT2D eigenvalue weighted by Crippen LogP contribution is -2.32. The van der Waals surface area contributed by atoms with E-state index in [1.54, 1.807) is 12.1 Å². The summed E-state index contributed by atoms with van der Waals surface area (Å²) in [4.78, 5) is 24.0. The molecule has 20 heavy (non-hydrogen) atoms. The highest BCUT2D eigenvalue weighted by atomic mass is 79.9. The van der Waals surface area contributed by atoms with E-state index in [-0.39, 0.29) is 23.9 Å². The van der Waals surface area contributed by atoms with Crippen molar-refractivity contribution in [1.29, 1.82) is 0 Å². The third kappa shape index (κ3) is 4.59. The Morgan fingerprint density at radius 1 is 0.850 bits per heavy atom. The van der Waals surface area contributed by atoms with E-state index in [0.29, 0.717) is 20.1 Å². The Bertz CT molecular complexity index is 480. The molecule has 0 aromatic heterocycles. The Morgan fingerprint density at radius 3 is 1.40 bits per heavy atom. The number of benzene rings is 1. The Balaban J connectivity index is 3.09. The van der Waals surface area contributed by atoms with Gasteiger partial charge >= 0.3 is 0 Å². The molecular weight excluding hydrogens is 388 g/mol. The Morgan fingerprint density at radius 2 is 1.15 bits per heavy atom. The van der Waals surface area contributed by atoms with Crippen LogP contribution in [0.1, 0.15) is 48.4 Å². The van der Waals surface area contributed by atoms with Crippen LogP contribution in [0, 0.1) is 0 Å². The zero-order valence-electron chi connectivity index (χ0n) is 11.9. The summed E-state index contributed by atoms with van der Waals surface area (Å²) in [5.41, 5.74) is 0.985. The zero-order chi connectivity index (χ0) is 15.4. The SMILES string of the molecule is CC(C)NC(=O)c1cc(Br)c(C(=O)NC(C)C)cc1Br. The second kappa shape index (κ2) is 7.22. The van der Waals surface area contributed by atoms with Crippen LogP contribution >= 0.6 is 31.9 Å². The standard InChI is InChI=1S/C14H18Br2N2O2/c1-7(2)17-13(19)9-5-12(16)10(6-11(9)15)14(20)18-8(3)4/h5-8H,1-4H3,(H,17,19)(H,18,20). The van der Waals surface area contributed by atoms with E-state index in [2.05, 4.69) is 42.5 Å². The fraction of sp³-hybridized carbons (Fsp3) is 0.429. The molecule has 0 saturated carbocycles. The van der Waals surface area contributed by atoms with Crippen LogP contribution in [-0.4, -0.2) is 23.9 Å². The molecule has 0 unspecified atom stereocenters. The van der Waals surface area contributed by atoms with Crippen molar-refractivity contribution < 1.29 is 9.59 Å². The van der Waals surface area contributed by atoms with Crippen LogP contribution in [0.4, 0.5) is 0 Å². The molecule has 1 aromatic rings. The van der Waals surface area contributed by atoms with Crippen LogP contribution in [0.15, 0.2) is 21.1 Å². The van der Waals surface area contributed by atoms with E-state index in [1.807, 2.05) is 27.7 Å². The molecule has 0 fully saturated rings. The van der Waals surface area contributed by atoms with Crippen LogP contribution in [0.5, 0.6) is 0 Å². The molecule has 0 bridgehead atoms. The van der Waals surface area contributed by atoms with Crippen molar-refractivity contribution in [3.05, 3.63) is 32.2 Å². The lowest BCUT2D eigenvalue weighted by molar-refractivity contribution is 0.0929. The molecule has 6 heteroatoms. The Kier molecular flexibility index (Phi) is 6.20. The van der Waals surface area contributed by atoms with Crippen LogP contribution in [0.25, 0.3) is 0 Å². The lowest BCUT2D eigenvalue weighted by Gasteiger charge is -2.13. The van der Waals surface area contributed by atoms with Gasteiger partial charge in [-0.3, -0.25) is 9.59 Å². The van der Waals surface area contributed by atoms with Crippen molar-refractivity contribution in [3.63, 3.8) is 0 Å². The molecule has 0 heterocycles. The zero-order valence-corrected chi connectivity index (χ0v) is 15.1. The van der Waals surface area contributed by atoms with Crippen LogP contribution in [0.3, 0.4) is 0 Å². The smallest absolute Gasteiger partial charge is 0.252 e. The number of halogens is 2. The molecule has 2 N–H and O–H groups in total. The van der Waals surface area contributed by atoms with Gasteiger partial charge in [-0.1, -0.05) is 0 Å². The van der Waals surface area contributed by atoms with Gasteiger partial charge in [-0.15, -0.1) is 0 Å². The molecule has 0 atom stereocenters. The predicted octanol–water partition coefficient (Wildman–Crippen LogP) is 3.49. The predicted molar refractivity (Wildman–Crippen MR) is 87.0 cm³/mol. The first-order valence-electron chi connectivity index (χ1n) is 6.33. The quantitative estimate of drug-likeness (QED) is 0.805. The first-order valence-corrected chi connectivity index (χ1v) is 7.91. The van der Waals surface area contributed by atoms with E-state index in [0.717, 1.165) is 0 Å². The second-order valence-electron chi connectivity index (χ2n) is 5.07. The first-order chi connectivity index (χ1) is 9.22. The molecule has 0 spiro atoms. The summed E-state index contributed by atoms with van der Waals surface area (Å²) >= 11 is 6.69. The van der Waals surface area contributed by atoms with Gasteiger partial charge in [-0.05, 0) is 71.7 Å². The highest BCUT2D eigenvalue weighted by Gasteiger charge is 2.18. The monoisotopic (exact) mass is 404 g/mol. The van der Waals surface area contributed by atoms with Crippen molar-refractivity contribution >= 4 is 43.7 Å². The summed E-state index contributed by atoms with van der Waals surface area (Å²) in [6.07, 6.45) is 0. The van der Waals surface area contributed by atoms with Gasteiger partial charge in [0.15, 0.2) is 0 Å². The van der Waals surface area contributed by atoms with Crippen LogP contribution in [0.2, 0.25) is 0 Å². The van der Waals surface area contributed by atoms with Gasteiger partial charge in [0.05, 0.1) is 11.1 Å². The molecule has 1 rings (SSSR count). The maximum Gasteiger partial charge on any atom is 0.252 e. The minimum Gasteiger partial charge on any atom is -0.350 e. The van der Waals surface area contributed by atoms with E-state index >= 15 is 0 Å². The normalized spacial score (nSPS) is 10.8. The first kappa shape index (κ1) is 17.2. The largest absolute Gasteiger partial charge is 0.350 e. The van der Waals surface area contributed by atoms with E-state index in [9.17, 15) is 9.59 Å². The maximum absolute atomic E-state index is 12.0. The molecule has 4 nitrogen and oxygen atoms in total. The number of hydrogen-bond donors (Lipinski definition) is 2. The summed E-state index contributed by atoms with van der Waals surface area (Å²) in [6, 6.07) is 3.41. The van der Waals surface area contributed by atoms with Crippen LogP contribution in [-0.2, 0) is 0 Å². The van der Waals surface area contributed by atoms with Gasteiger partial charge in [-0.25, -0.2) is 0 Å². The highest BCUT2D eigenvalue weighted by molar-refractivity contribution is 9.11. The van der Waals surface area contributed by atoms with Gasteiger partial charge in [0.2, 0.25) is 0 Å². The summed E-state index contributed by atoms with van der Waals surface area (Å²) in [6.45, 7) is 7.58. The Hall–Kier alpha value is -0.880. The minimum atomic E-state index is -0.177. The van der Waals surface area contributed by atoms with Crippen molar-refractivity contribution in [2.24, 2.45) is 0 Å². The molecule has 0 aliphatic heterocycles. The van der Waals surface area contributed by atoms with E-state index in [1.165, 1.54) is 0 Å². The molecule has 0 aliphatic carbocycles. The fourth-order valence-electron chi connectivity index (χ4n) is 1.57. The summed E-state index contributed by atoms with van der Waals surface area (Å²) in [7, 11) is 0. The van der Waals surface area contributed by atoms with Crippen molar-refractivity contribution in [1.82, 2.24) is 10.6 Å². The fourth-order valence-corrected chi connectivity index (χ4v) is 2.62. The number of nitrogens with one attached hydrogen (secondary N) is 2. The lowest BCUT2D eigenvalue weighted by atomic mass is 10.1. The third-order valence-corrected chi connectivity index (χ3v) is 3.70. The number of hydrogen-bond acceptors (Lipinski definition) is 2. The summed E-state index contributed by atoms with van der Waals surface area (Å²) in [5.74, 6) is -0.355. The van der Waals surface area contributed by atoms with E-state index in [4.69, 9.17) is 0 Å². The van der Waals surface area contributed by atoms with E-state index < -0.39 is 0 Å². The highest BCUT2D eigenvalue weighted by Crippen LogP contribution is 2.26. The van der Waals surface area contributed by atoms with Gasteiger partial charge in [-0.2, -0.15) is 0 Å². The number of carbonyl (C=O) groups is 2. The molecule has 0 radical (unpaired) electrons. The van der Waals surface area contributed by atoms with Crippen LogP contribution < -0.4 is 10.6 Å². The van der Waals surface area contributed by atoms with Crippen molar-refractivity contribution in [2.45, 2.75) is 39.8 Å². The van der Waals surface area contributed by atoms with Gasteiger partial charge in [0.1, 0.15) is 0 Å². The molecule has 2 amide bonds. The Labute approximate surface area is 136 Å². The molecule has 110 valence electrons. The van der Waals surface area contributed by atoms with Gasteiger partial charge in [0, 0.05) is 21.0 Å². The number of carbonyl (C=O) groups excluding carboxylic acids is 2. The minimum absolute atomic E-state index is 0.0529. The summed E-state index contributed by atoms with van der Waals surface area (Å²) in [5, 5.41) is 5.64. The van der Waals surface area contributed by atoms with Crippen molar-refractivity contribution in [2.75, 3.05) is 0 Å². The molecule has 1 aromatic carbocycles. The third-order valence-electron chi connectivity index (χ3n) is 2.39. The summed E-state index contributed by atoms with van der Waals surface area (Å²) < 4.78 is 1.18. The molecule has 0 saturated heterocycles. The maximum atomic E-state index is 12.0. The average molecular weight is 406 g/mol. The van der Waals surface area contributed by atoms with Crippen molar-refractivity contribution in [3.8, 4) is 0 Å². The molecular formula is C14H18Br2N2O2.